The molecule has 1 heterocycles. The standard InChI is InChI=1S/C18H14N2O4S/c21-13-5-3-10(4-6-13)11-1-2-12-8-15(17(24)19-9-16(22)23)20-18(25)14(12)7-11/h1-8,21H,9H2,(H,19,24)(H,20,25)(H,22,23). The Kier molecular flexibility index (Phi) is 4.49. The van der Waals surface area contributed by atoms with E-state index in [4.69, 9.17) is 17.3 Å². The number of carbonyl (C=O) groups is 2. The van der Waals surface area contributed by atoms with Gasteiger partial charge in [0.15, 0.2) is 0 Å². The molecule has 0 spiro atoms. The van der Waals surface area contributed by atoms with Crippen molar-refractivity contribution < 1.29 is 19.8 Å². The van der Waals surface area contributed by atoms with Gasteiger partial charge in [0.2, 0.25) is 0 Å². The summed E-state index contributed by atoms with van der Waals surface area (Å²) in [4.78, 5) is 25.4. The fraction of sp³-hybridized carbons (Fsp3) is 0.0556. The number of aromatic nitrogens is 1. The van der Waals surface area contributed by atoms with E-state index in [-0.39, 0.29) is 11.4 Å². The molecule has 0 saturated carbocycles. The second-order valence-electron chi connectivity index (χ2n) is 5.44. The zero-order chi connectivity index (χ0) is 18.0. The van der Waals surface area contributed by atoms with E-state index >= 15 is 0 Å². The number of amides is 1. The lowest BCUT2D eigenvalue weighted by Crippen LogP contribution is -2.29. The maximum absolute atomic E-state index is 12.0. The van der Waals surface area contributed by atoms with Crippen molar-refractivity contribution in [3.8, 4) is 16.9 Å². The highest BCUT2D eigenvalue weighted by atomic mass is 32.1. The van der Waals surface area contributed by atoms with Crippen molar-refractivity contribution in [1.29, 1.82) is 0 Å². The molecule has 0 unspecified atom stereocenters. The normalized spacial score (nSPS) is 10.6. The van der Waals surface area contributed by atoms with Gasteiger partial charge in [-0.1, -0.05) is 36.5 Å². The SMILES string of the molecule is O=C(O)CNC(=O)c1cc2ccc(-c3ccc(O)cc3)cc2c(=S)[nH]1. The van der Waals surface area contributed by atoms with Gasteiger partial charge in [0.25, 0.3) is 5.91 Å². The highest BCUT2D eigenvalue weighted by molar-refractivity contribution is 7.71. The van der Waals surface area contributed by atoms with Gasteiger partial charge in [0.1, 0.15) is 22.6 Å². The predicted molar refractivity (Wildman–Crippen MR) is 96.2 cm³/mol. The number of hydrogen-bond acceptors (Lipinski definition) is 4. The number of benzene rings is 2. The van der Waals surface area contributed by atoms with Crippen molar-refractivity contribution in [1.82, 2.24) is 10.3 Å². The molecule has 126 valence electrons. The molecule has 3 rings (SSSR count). The van der Waals surface area contributed by atoms with Crippen molar-refractivity contribution in [3.05, 3.63) is 58.9 Å². The van der Waals surface area contributed by atoms with Crippen LogP contribution in [0.25, 0.3) is 21.9 Å². The van der Waals surface area contributed by atoms with E-state index in [1.54, 1.807) is 30.3 Å². The number of aliphatic carboxylic acids is 1. The van der Waals surface area contributed by atoms with E-state index in [0.717, 1.165) is 21.9 Å². The average molecular weight is 354 g/mol. The van der Waals surface area contributed by atoms with Gasteiger partial charge in [-0.25, -0.2) is 0 Å². The average Bonchev–Trinajstić information content (AvgIpc) is 2.60. The number of carbonyl (C=O) groups excluding carboxylic acids is 1. The van der Waals surface area contributed by atoms with E-state index < -0.39 is 18.4 Å². The lowest BCUT2D eigenvalue weighted by atomic mass is 10.0. The van der Waals surface area contributed by atoms with Gasteiger partial charge in [-0.3, -0.25) is 9.59 Å². The molecule has 6 nitrogen and oxygen atoms in total. The third-order valence-corrected chi connectivity index (χ3v) is 4.01. The van der Waals surface area contributed by atoms with Crippen LogP contribution in [0.4, 0.5) is 0 Å². The van der Waals surface area contributed by atoms with Gasteiger partial charge in [-0.15, -0.1) is 0 Å². The highest BCUT2D eigenvalue weighted by Crippen LogP contribution is 2.26. The number of phenolic OH excluding ortho intramolecular Hbond substituents is 1. The monoisotopic (exact) mass is 354 g/mol. The van der Waals surface area contributed by atoms with Crippen LogP contribution in [0.1, 0.15) is 10.5 Å². The Balaban J connectivity index is 1.99. The molecule has 1 aromatic heterocycles. The van der Waals surface area contributed by atoms with E-state index in [2.05, 4.69) is 10.3 Å². The lowest BCUT2D eigenvalue weighted by Gasteiger charge is -2.08. The highest BCUT2D eigenvalue weighted by Gasteiger charge is 2.10. The Bertz CT molecular complexity index is 1030. The van der Waals surface area contributed by atoms with E-state index in [9.17, 15) is 14.7 Å². The van der Waals surface area contributed by atoms with Crippen LogP contribution in [0.15, 0.2) is 48.5 Å². The Morgan fingerprint density at radius 3 is 2.40 bits per heavy atom. The molecule has 0 saturated heterocycles. The fourth-order valence-electron chi connectivity index (χ4n) is 2.47. The molecule has 3 aromatic rings. The van der Waals surface area contributed by atoms with Gasteiger partial charge in [-0.2, -0.15) is 0 Å². The quantitative estimate of drug-likeness (QED) is 0.539. The van der Waals surface area contributed by atoms with Gasteiger partial charge >= 0.3 is 5.97 Å². The molecule has 0 aliphatic heterocycles. The number of aromatic amines is 1. The number of hydrogen-bond donors (Lipinski definition) is 4. The number of nitrogens with one attached hydrogen (secondary N) is 2. The summed E-state index contributed by atoms with van der Waals surface area (Å²) in [6.07, 6.45) is 0. The van der Waals surface area contributed by atoms with Gasteiger partial charge in [0, 0.05) is 5.39 Å². The second-order valence-corrected chi connectivity index (χ2v) is 5.85. The molecular formula is C18H14N2O4S. The lowest BCUT2D eigenvalue weighted by molar-refractivity contribution is -0.135. The number of rotatable bonds is 4. The summed E-state index contributed by atoms with van der Waals surface area (Å²) >= 11 is 5.33. The summed E-state index contributed by atoms with van der Waals surface area (Å²) in [5.74, 6) is -1.46. The molecule has 0 bridgehead atoms. The zero-order valence-electron chi connectivity index (χ0n) is 12.9. The summed E-state index contributed by atoms with van der Waals surface area (Å²) in [6.45, 7) is -0.461. The number of phenols is 1. The Hall–Kier alpha value is -3.19. The first-order valence-electron chi connectivity index (χ1n) is 7.40. The van der Waals surface area contributed by atoms with Crippen LogP contribution < -0.4 is 5.32 Å². The summed E-state index contributed by atoms with van der Waals surface area (Å²) < 4.78 is 0.388. The molecular weight excluding hydrogens is 340 g/mol. The smallest absolute Gasteiger partial charge is 0.322 e. The van der Waals surface area contributed by atoms with Crippen LogP contribution >= 0.6 is 12.2 Å². The summed E-state index contributed by atoms with van der Waals surface area (Å²) in [6, 6.07) is 14.1. The van der Waals surface area contributed by atoms with Crippen LogP contribution in [-0.2, 0) is 4.79 Å². The zero-order valence-corrected chi connectivity index (χ0v) is 13.8. The first kappa shape index (κ1) is 16.7. The maximum atomic E-state index is 12.0. The first-order chi connectivity index (χ1) is 11.9. The largest absolute Gasteiger partial charge is 0.508 e. The minimum Gasteiger partial charge on any atom is -0.508 e. The molecule has 4 N–H and O–H groups in total. The molecule has 7 heteroatoms. The fourth-order valence-corrected chi connectivity index (χ4v) is 2.75. The molecule has 0 radical (unpaired) electrons. The van der Waals surface area contributed by atoms with Gasteiger partial charge in [-0.05, 0) is 40.8 Å². The Labute approximate surface area is 147 Å². The third kappa shape index (κ3) is 3.67. The van der Waals surface area contributed by atoms with Crippen LogP contribution in [0.2, 0.25) is 0 Å². The van der Waals surface area contributed by atoms with Crippen molar-refractivity contribution in [3.63, 3.8) is 0 Å². The number of pyridine rings is 1. The first-order valence-corrected chi connectivity index (χ1v) is 7.81. The van der Waals surface area contributed by atoms with E-state index in [0.29, 0.717) is 4.64 Å². The maximum Gasteiger partial charge on any atom is 0.322 e. The predicted octanol–water partition coefficient (Wildman–Crippen LogP) is 3.08. The minimum absolute atomic E-state index is 0.193. The molecule has 25 heavy (non-hydrogen) atoms. The van der Waals surface area contributed by atoms with Crippen LogP contribution in [0.3, 0.4) is 0 Å². The number of aromatic hydroxyl groups is 1. The number of H-pyrrole nitrogens is 1. The van der Waals surface area contributed by atoms with Crippen molar-refractivity contribution >= 4 is 34.9 Å². The van der Waals surface area contributed by atoms with Gasteiger partial charge < -0.3 is 20.5 Å². The molecule has 0 fully saturated rings. The number of carboxylic acids is 1. The summed E-state index contributed by atoms with van der Waals surface area (Å²) in [5, 5.41) is 21.9. The van der Waals surface area contributed by atoms with Crippen molar-refractivity contribution in [2.45, 2.75) is 0 Å². The third-order valence-electron chi connectivity index (χ3n) is 3.69. The van der Waals surface area contributed by atoms with Crippen molar-refractivity contribution in [2.24, 2.45) is 0 Å². The molecule has 0 aliphatic carbocycles. The van der Waals surface area contributed by atoms with Crippen LogP contribution in [0.5, 0.6) is 5.75 Å². The topological polar surface area (TPSA) is 102 Å². The van der Waals surface area contributed by atoms with Gasteiger partial charge in [0.05, 0.1) is 0 Å². The van der Waals surface area contributed by atoms with Crippen LogP contribution in [-0.4, -0.2) is 33.6 Å². The van der Waals surface area contributed by atoms with E-state index in [1.165, 1.54) is 0 Å². The Morgan fingerprint density at radius 1 is 1.04 bits per heavy atom. The van der Waals surface area contributed by atoms with E-state index in [1.807, 2.05) is 18.2 Å². The molecule has 0 aliphatic rings. The summed E-state index contributed by atoms with van der Waals surface area (Å²) in [5.41, 5.74) is 2.06. The summed E-state index contributed by atoms with van der Waals surface area (Å²) in [7, 11) is 0. The molecule has 2 aromatic carbocycles. The molecule has 0 atom stereocenters. The minimum atomic E-state index is -1.12. The molecule has 1 amide bonds. The Morgan fingerprint density at radius 2 is 1.72 bits per heavy atom. The van der Waals surface area contributed by atoms with Crippen molar-refractivity contribution in [2.75, 3.05) is 6.54 Å². The number of carboxylic acid groups (broad SMARTS) is 1. The second kappa shape index (κ2) is 6.74. The number of fused-ring (bicyclic) bond motifs is 1. The van der Waals surface area contributed by atoms with Crippen LogP contribution in [0, 0.1) is 4.64 Å².